The minimum atomic E-state index is 0.360. The first-order valence-electron chi connectivity index (χ1n) is 6.92. The van der Waals surface area contributed by atoms with E-state index >= 15 is 0 Å². The summed E-state index contributed by atoms with van der Waals surface area (Å²) in [6.07, 6.45) is 1.11. The molecule has 0 amide bonds. The summed E-state index contributed by atoms with van der Waals surface area (Å²) < 4.78 is 0. The summed E-state index contributed by atoms with van der Waals surface area (Å²) in [4.78, 5) is 0. The van der Waals surface area contributed by atoms with Gasteiger partial charge in [-0.25, -0.2) is 0 Å². The van der Waals surface area contributed by atoms with Crippen molar-refractivity contribution in [3.63, 3.8) is 0 Å². The fourth-order valence-electron chi connectivity index (χ4n) is 2.87. The maximum atomic E-state index is 5.93. The van der Waals surface area contributed by atoms with Gasteiger partial charge in [-0.3, -0.25) is 0 Å². The van der Waals surface area contributed by atoms with E-state index in [9.17, 15) is 0 Å². The Balaban J connectivity index is 3.37. The Labute approximate surface area is 112 Å². The number of hydrogen-bond acceptors (Lipinski definition) is 2. The Bertz CT molecular complexity index is 380. The number of nitrogens with one attached hydrogen (secondary N) is 1. The average molecular weight is 248 g/mol. The molecule has 2 heteroatoms. The van der Waals surface area contributed by atoms with Crippen molar-refractivity contribution in [1.82, 2.24) is 5.32 Å². The van der Waals surface area contributed by atoms with E-state index in [0.29, 0.717) is 12.0 Å². The molecule has 0 saturated heterocycles. The minimum absolute atomic E-state index is 0.360. The van der Waals surface area contributed by atoms with Gasteiger partial charge in [0.15, 0.2) is 0 Å². The van der Waals surface area contributed by atoms with Crippen molar-refractivity contribution < 1.29 is 0 Å². The van der Waals surface area contributed by atoms with E-state index in [-0.39, 0.29) is 0 Å². The van der Waals surface area contributed by atoms with Gasteiger partial charge >= 0.3 is 0 Å². The van der Waals surface area contributed by atoms with E-state index in [0.717, 1.165) is 13.0 Å². The van der Waals surface area contributed by atoms with Crippen LogP contribution < -0.4 is 11.1 Å². The van der Waals surface area contributed by atoms with Gasteiger partial charge in [-0.2, -0.15) is 0 Å². The summed E-state index contributed by atoms with van der Waals surface area (Å²) in [7, 11) is 2.04. The molecule has 1 aromatic carbocycles. The Morgan fingerprint density at radius 1 is 1.11 bits per heavy atom. The van der Waals surface area contributed by atoms with Crippen molar-refractivity contribution in [3.05, 3.63) is 33.9 Å². The second kappa shape index (κ2) is 6.35. The van der Waals surface area contributed by atoms with Crippen LogP contribution in [0.2, 0.25) is 0 Å². The number of benzene rings is 1. The Morgan fingerprint density at radius 2 is 1.61 bits per heavy atom. The highest BCUT2D eigenvalue weighted by Gasteiger charge is 2.23. The van der Waals surface area contributed by atoms with Gasteiger partial charge in [0.25, 0.3) is 0 Å². The molecule has 0 aliphatic rings. The largest absolute Gasteiger partial charge is 0.330 e. The average Bonchev–Trinajstić information content (AvgIpc) is 2.36. The molecule has 2 unspecified atom stereocenters. The summed E-state index contributed by atoms with van der Waals surface area (Å²) in [6.45, 7) is 11.8. The number of hydrogen-bond donors (Lipinski definition) is 2. The van der Waals surface area contributed by atoms with Crippen LogP contribution in [0.3, 0.4) is 0 Å². The molecule has 1 aromatic rings. The van der Waals surface area contributed by atoms with Crippen molar-refractivity contribution in [2.24, 2.45) is 11.7 Å². The highest BCUT2D eigenvalue weighted by Crippen LogP contribution is 2.32. The van der Waals surface area contributed by atoms with Gasteiger partial charge in [0.05, 0.1) is 0 Å². The number of aryl methyl sites for hydroxylation is 2. The first-order chi connectivity index (χ1) is 8.47. The van der Waals surface area contributed by atoms with E-state index in [4.69, 9.17) is 5.73 Å². The first-order valence-corrected chi connectivity index (χ1v) is 6.92. The molecule has 0 fully saturated rings. The highest BCUT2D eigenvalue weighted by molar-refractivity contribution is 5.46. The van der Waals surface area contributed by atoms with Crippen LogP contribution >= 0.6 is 0 Å². The van der Waals surface area contributed by atoms with Gasteiger partial charge in [0.1, 0.15) is 0 Å². The zero-order chi connectivity index (χ0) is 13.9. The fourth-order valence-corrected chi connectivity index (χ4v) is 2.87. The topological polar surface area (TPSA) is 38.0 Å². The molecule has 0 aromatic heterocycles. The van der Waals surface area contributed by atoms with Crippen molar-refractivity contribution in [2.75, 3.05) is 13.6 Å². The molecule has 0 heterocycles. The van der Waals surface area contributed by atoms with Gasteiger partial charge in [-0.05, 0) is 75.0 Å². The molecule has 3 N–H and O–H groups in total. The lowest BCUT2D eigenvalue weighted by Crippen LogP contribution is -2.31. The van der Waals surface area contributed by atoms with Crippen LogP contribution in [0.4, 0.5) is 0 Å². The van der Waals surface area contributed by atoms with Crippen molar-refractivity contribution in [3.8, 4) is 0 Å². The smallest absolute Gasteiger partial charge is 0.0363 e. The molecule has 0 radical (unpaired) electrons. The first kappa shape index (κ1) is 15.2. The summed E-state index contributed by atoms with van der Waals surface area (Å²) in [5.74, 6) is 0.494. The van der Waals surface area contributed by atoms with E-state index < -0.39 is 0 Å². The molecule has 18 heavy (non-hydrogen) atoms. The lowest BCUT2D eigenvalue weighted by atomic mass is 9.83. The van der Waals surface area contributed by atoms with Crippen LogP contribution in [-0.2, 0) is 0 Å². The zero-order valence-electron chi connectivity index (χ0n) is 12.7. The van der Waals surface area contributed by atoms with Gasteiger partial charge in [-0.15, -0.1) is 0 Å². The lowest BCUT2D eigenvalue weighted by Gasteiger charge is -2.29. The van der Waals surface area contributed by atoms with Crippen molar-refractivity contribution in [1.29, 1.82) is 0 Å². The summed E-state index contributed by atoms with van der Waals surface area (Å²) in [5.41, 5.74) is 12.9. The SMILES string of the molecule is CCC(CN)C(NC)c1c(C)c(C)cc(C)c1C. The molecular formula is C16H28N2. The van der Waals surface area contributed by atoms with E-state index in [2.05, 4.69) is 46.0 Å². The van der Waals surface area contributed by atoms with E-state index in [1.807, 2.05) is 7.05 Å². The molecule has 102 valence electrons. The normalized spacial score (nSPS) is 14.6. The van der Waals surface area contributed by atoms with Gasteiger partial charge < -0.3 is 11.1 Å². The molecule has 0 aliphatic heterocycles. The third-order valence-electron chi connectivity index (χ3n) is 4.34. The zero-order valence-corrected chi connectivity index (χ0v) is 12.7. The lowest BCUT2D eigenvalue weighted by molar-refractivity contribution is 0.375. The second-order valence-electron chi connectivity index (χ2n) is 5.34. The quantitative estimate of drug-likeness (QED) is 0.840. The number of nitrogens with two attached hydrogens (primary N) is 1. The molecule has 2 nitrogen and oxygen atoms in total. The van der Waals surface area contributed by atoms with Crippen LogP contribution in [0, 0.1) is 33.6 Å². The van der Waals surface area contributed by atoms with Crippen LogP contribution in [0.1, 0.15) is 47.2 Å². The summed E-state index contributed by atoms with van der Waals surface area (Å²) >= 11 is 0. The minimum Gasteiger partial charge on any atom is -0.330 e. The predicted molar refractivity (Wildman–Crippen MR) is 80.0 cm³/mol. The Morgan fingerprint density at radius 3 is 1.94 bits per heavy atom. The van der Waals surface area contributed by atoms with Crippen LogP contribution in [0.5, 0.6) is 0 Å². The van der Waals surface area contributed by atoms with Crippen LogP contribution in [0.25, 0.3) is 0 Å². The second-order valence-corrected chi connectivity index (χ2v) is 5.34. The Kier molecular flexibility index (Phi) is 5.36. The molecule has 0 spiro atoms. The maximum absolute atomic E-state index is 5.93. The monoisotopic (exact) mass is 248 g/mol. The molecule has 0 bridgehead atoms. The molecule has 0 aliphatic carbocycles. The molecule has 1 rings (SSSR count). The number of rotatable bonds is 5. The summed E-state index contributed by atoms with van der Waals surface area (Å²) in [5, 5.41) is 3.48. The van der Waals surface area contributed by atoms with Gasteiger partial charge in [0.2, 0.25) is 0 Å². The standard InChI is InChI=1S/C16H28N2/c1-7-14(9-17)16(18-6)15-12(4)10(2)8-11(3)13(15)5/h8,14,16,18H,7,9,17H2,1-6H3. The van der Waals surface area contributed by atoms with Gasteiger partial charge in [-0.1, -0.05) is 19.4 Å². The third-order valence-corrected chi connectivity index (χ3v) is 4.34. The highest BCUT2D eigenvalue weighted by atomic mass is 14.9. The predicted octanol–water partition coefficient (Wildman–Crippen LogP) is 3.17. The maximum Gasteiger partial charge on any atom is 0.0363 e. The molecular weight excluding hydrogens is 220 g/mol. The van der Waals surface area contributed by atoms with E-state index in [1.54, 1.807) is 0 Å². The van der Waals surface area contributed by atoms with Crippen molar-refractivity contribution >= 4 is 0 Å². The van der Waals surface area contributed by atoms with Gasteiger partial charge in [0, 0.05) is 6.04 Å². The van der Waals surface area contributed by atoms with E-state index in [1.165, 1.54) is 27.8 Å². The molecule has 2 atom stereocenters. The molecule has 0 saturated carbocycles. The summed E-state index contributed by atoms with van der Waals surface area (Å²) in [6, 6.07) is 2.64. The Hall–Kier alpha value is -0.860. The third kappa shape index (κ3) is 2.76. The fraction of sp³-hybridized carbons (Fsp3) is 0.625. The van der Waals surface area contributed by atoms with Crippen molar-refractivity contribution in [2.45, 2.75) is 47.1 Å². The van der Waals surface area contributed by atoms with Crippen LogP contribution in [0.15, 0.2) is 6.07 Å². The van der Waals surface area contributed by atoms with Crippen LogP contribution in [-0.4, -0.2) is 13.6 Å².